The molecule has 0 saturated carbocycles. The van der Waals surface area contributed by atoms with Crippen LogP contribution in [0.15, 0.2) is 30.3 Å². The van der Waals surface area contributed by atoms with Crippen LogP contribution in [-0.2, 0) is 30.5 Å². The van der Waals surface area contributed by atoms with Crippen molar-refractivity contribution in [2.24, 2.45) is 5.73 Å². The highest BCUT2D eigenvalue weighted by Crippen LogP contribution is 2.18. The fourth-order valence-electron chi connectivity index (χ4n) is 3.09. The van der Waals surface area contributed by atoms with Gasteiger partial charge < -0.3 is 15.2 Å². The molecule has 1 aromatic carbocycles. The van der Waals surface area contributed by atoms with Gasteiger partial charge in [0, 0.05) is 0 Å². The first kappa shape index (κ1) is 24.1. The lowest BCUT2D eigenvalue weighted by molar-refractivity contribution is -0.147. The third kappa shape index (κ3) is 8.25. The number of hydrogen-bond acceptors (Lipinski definition) is 7. The SMILES string of the molecule is CC(C)(C)OC(=O)N(CC(N)=O)NC(=O)[C@@H]1CCCN1CC(=O)OCc1ccccc1. The molecule has 0 aliphatic carbocycles. The summed E-state index contributed by atoms with van der Waals surface area (Å²) in [5, 5.41) is 0.750. The quantitative estimate of drug-likeness (QED) is 0.482. The van der Waals surface area contributed by atoms with Gasteiger partial charge in [-0.3, -0.25) is 24.7 Å². The van der Waals surface area contributed by atoms with E-state index in [1.165, 1.54) is 0 Å². The molecule has 2 rings (SSSR count). The largest absolute Gasteiger partial charge is 0.460 e. The van der Waals surface area contributed by atoms with Gasteiger partial charge in [-0.25, -0.2) is 9.80 Å². The van der Waals surface area contributed by atoms with Crippen LogP contribution in [-0.4, -0.2) is 65.1 Å². The number of primary amides is 1. The molecular weight excluding hydrogens is 404 g/mol. The predicted molar refractivity (Wildman–Crippen MR) is 111 cm³/mol. The molecule has 1 aliphatic heterocycles. The van der Waals surface area contributed by atoms with Crippen LogP contribution in [0.2, 0.25) is 0 Å². The Kier molecular flexibility index (Phi) is 8.38. The molecule has 0 radical (unpaired) electrons. The van der Waals surface area contributed by atoms with Crippen molar-refractivity contribution >= 4 is 23.9 Å². The number of carbonyl (C=O) groups excluding carboxylic acids is 4. The topological polar surface area (TPSA) is 131 Å². The predicted octanol–water partition coefficient (Wildman–Crippen LogP) is 0.948. The van der Waals surface area contributed by atoms with Crippen molar-refractivity contribution in [1.29, 1.82) is 0 Å². The molecular formula is C21H30N4O6. The summed E-state index contributed by atoms with van der Waals surface area (Å²) >= 11 is 0. The third-order valence-electron chi connectivity index (χ3n) is 4.41. The summed E-state index contributed by atoms with van der Waals surface area (Å²) in [6.45, 7) is 5.06. The molecule has 0 aromatic heterocycles. The van der Waals surface area contributed by atoms with Crippen LogP contribution in [0.25, 0.3) is 0 Å². The fourth-order valence-corrected chi connectivity index (χ4v) is 3.09. The van der Waals surface area contributed by atoms with Crippen molar-refractivity contribution in [2.75, 3.05) is 19.6 Å². The lowest BCUT2D eigenvalue weighted by Gasteiger charge is -2.29. The highest BCUT2D eigenvalue weighted by Gasteiger charge is 2.34. The summed E-state index contributed by atoms with van der Waals surface area (Å²) in [6, 6.07) is 8.63. The highest BCUT2D eigenvalue weighted by atomic mass is 16.6. The number of nitrogens with zero attached hydrogens (tertiary/aromatic N) is 2. The van der Waals surface area contributed by atoms with E-state index < -0.39 is 42.1 Å². The second-order valence-electron chi connectivity index (χ2n) is 8.28. The van der Waals surface area contributed by atoms with Gasteiger partial charge in [-0.05, 0) is 45.7 Å². The van der Waals surface area contributed by atoms with Crippen molar-refractivity contribution in [3.63, 3.8) is 0 Å². The lowest BCUT2D eigenvalue weighted by Crippen LogP contribution is -2.56. The van der Waals surface area contributed by atoms with E-state index in [1.54, 1.807) is 25.7 Å². The monoisotopic (exact) mass is 434 g/mol. The molecule has 31 heavy (non-hydrogen) atoms. The van der Waals surface area contributed by atoms with Crippen LogP contribution in [0, 0.1) is 0 Å². The number of likely N-dealkylation sites (tertiary alicyclic amines) is 1. The maximum atomic E-state index is 12.8. The highest BCUT2D eigenvalue weighted by molar-refractivity contribution is 5.87. The number of rotatable bonds is 7. The van der Waals surface area contributed by atoms with Crippen molar-refractivity contribution in [3.05, 3.63) is 35.9 Å². The molecule has 0 spiro atoms. The summed E-state index contributed by atoms with van der Waals surface area (Å²) in [7, 11) is 0. The Balaban J connectivity index is 1.94. The molecule has 3 amide bonds. The van der Waals surface area contributed by atoms with Gasteiger partial charge in [0.25, 0.3) is 5.91 Å². The molecule has 1 heterocycles. The zero-order valence-electron chi connectivity index (χ0n) is 18.1. The smallest absolute Gasteiger partial charge is 0.429 e. The first-order valence-electron chi connectivity index (χ1n) is 10.1. The van der Waals surface area contributed by atoms with E-state index in [0.29, 0.717) is 19.4 Å². The molecule has 3 N–H and O–H groups in total. The van der Waals surface area contributed by atoms with Crippen molar-refractivity contribution in [2.45, 2.75) is 51.9 Å². The third-order valence-corrected chi connectivity index (χ3v) is 4.41. The van der Waals surface area contributed by atoms with E-state index in [4.69, 9.17) is 15.2 Å². The van der Waals surface area contributed by atoms with Crippen LogP contribution >= 0.6 is 0 Å². The molecule has 0 unspecified atom stereocenters. The second-order valence-corrected chi connectivity index (χ2v) is 8.28. The van der Waals surface area contributed by atoms with Crippen LogP contribution < -0.4 is 11.2 Å². The van der Waals surface area contributed by atoms with Crippen LogP contribution in [0.5, 0.6) is 0 Å². The van der Waals surface area contributed by atoms with Crippen LogP contribution in [0.3, 0.4) is 0 Å². The normalized spacial score (nSPS) is 16.4. The molecule has 1 aliphatic rings. The number of ether oxygens (including phenoxy) is 2. The van der Waals surface area contributed by atoms with Crippen LogP contribution in [0.4, 0.5) is 4.79 Å². The summed E-state index contributed by atoms with van der Waals surface area (Å²) < 4.78 is 10.5. The van der Waals surface area contributed by atoms with Crippen molar-refractivity contribution in [1.82, 2.24) is 15.3 Å². The first-order valence-corrected chi connectivity index (χ1v) is 10.1. The van der Waals surface area contributed by atoms with Gasteiger partial charge in [0.15, 0.2) is 0 Å². The summed E-state index contributed by atoms with van der Waals surface area (Å²) in [5.41, 5.74) is 7.63. The van der Waals surface area contributed by atoms with E-state index in [2.05, 4.69) is 5.43 Å². The minimum atomic E-state index is -0.897. The number of nitrogens with two attached hydrogens (primary N) is 1. The van der Waals surface area contributed by atoms with Crippen molar-refractivity contribution < 1.29 is 28.7 Å². The Morgan fingerprint density at radius 1 is 1.19 bits per heavy atom. The van der Waals surface area contributed by atoms with E-state index in [0.717, 1.165) is 10.6 Å². The number of esters is 1. The Bertz CT molecular complexity index is 793. The Morgan fingerprint density at radius 3 is 2.48 bits per heavy atom. The zero-order valence-corrected chi connectivity index (χ0v) is 18.1. The Hall–Kier alpha value is -3.14. The van der Waals surface area contributed by atoms with E-state index in [9.17, 15) is 19.2 Å². The maximum Gasteiger partial charge on any atom is 0.429 e. The molecule has 0 bridgehead atoms. The second kappa shape index (κ2) is 10.8. The van der Waals surface area contributed by atoms with Gasteiger partial charge in [0.05, 0.1) is 12.6 Å². The minimum absolute atomic E-state index is 0.0623. The number of hydrazine groups is 1. The summed E-state index contributed by atoms with van der Waals surface area (Å²) in [4.78, 5) is 50.3. The van der Waals surface area contributed by atoms with Gasteiger partial charge >= 0.3 is 12.1 Å². The summed E-state index contributed by atoms with van der Waals surface area (Å²) in [6.07, 6.45) is 0.300. The number of hydrogen-bond donors (Lipinski definition) is 2. The average Bonchev–Trinajstić information content (AvgIpc) is 3.13. The standard InChI is InChI=1S/C21H30N4O6/c1-21(2,3)31-20(29)25(12-17(22)26)23-19(28)16-10-7-11-24(16)13-18(27)30-14-15-8-5-4-6-9-15/h4-6,8-9,16H,7,10-14H2,1-3H3,(H2,22,26)(H,23,28)/t16-/m0/s1. The maximum absolute atomic E-state index is 12.8. The number of amides is 3. The van der Waals surface area contributed by atoms with Crippen molar-refractivity contribution in [3.8, 4) is 0 Å². The summed E-state index contributed by atoms with van der Waals surface area (Å²) in [5.74, 6) is -1.79. The van der Waals surface area contributed by atoms with E-state index in [1.807, 2.05) is 30.3 Å². The van der Waals surface area contributed by atoms with E-state index in [-0.39, 0.29) is 13.2 Å². The van der Waals surface area contributed by atoms with Gasteiger partial charge in [-0.2, -0.15) is 0 Å². The molecule has 1 saturated heterocycles. The van der Waals surface area contributed by atoms with Gasteiger partial charge in [-0.1, -0.05) is 30.3 Å². The first-order chi connectivity index (χ1) is 14.5. The number of carbonyl (C=O) groups is 4. The fraction of sp³-hybridized carbons (Fsp3) is 0.524. The molecule has 1 fully saturated rings. The number of benzene rings is 1. The molecule has 10 heteroatoms. The van der Waals surface area contributed by atoms with Gasteiger partial charge in [0.1, 0.15) is 18.8 Å². The molecule has 10 nitrogen and oxygen atoms in total. The molecule has 1 aromatic rings. The van der Waals surface area contributed by atoms with E-state index >= 15 is 0 Å². The van der Waals surface area contributed by atoms with Gasteiger partial charge in [-0.15, -0.1) is 0 Å². The zero-order chi connectivity index (χ0) is 23.0. The Labute approximate surface area is 181 Å². The number of nitrogens with one attached hydrogen (secondary N) is 1. The molecule has 1 atom stereocenters. The molecule has 170 valence electrons. The minimum Gasteiger partial charge on any atom is -0.460 e. The van der Waals surface area contributed by atoms with Gasteiger partial charge in [0.2, 0.25) is 5.91 Å². The average molecular weight is 434 g/mol. The Morgan fingerprint density at radius 2 is 1.87 bits per heavy atom. The van der Waals surface area contributed by atoms with Crippen LogP contribution in [0.1, 0.15) is 39.2 Å². The lowest BCUT2D eigenvalue weighted by atomic mass is 10.2.